The predicted octanol–water partition coefficient (Wildman–Crippen LogP) is 3.19. The van der Waals surface area contributed by atoms with Gasteiger partial charge in [0.15, 0.2) is 9.84 Å². The molecule has 0 unspecified atom stereocenters. The van der Waals surface area contributed by atoms with Crippen LogP contribution in [0, 0.1) is 0 Å². The first-order chi connectivity index (χ1) is 19.3. The van der Waals surface area contributed by atoms with Crippen molar-refractivity contribution in [2.24, 2.45) is 14.1 Å². The van der Waals surface area contributed by atoms with Gasteiger partial charge in [-0.1, -0.05) is 31.2 Å². The summed E-state index contributed by atoms with van der Waals surface area (Å²) >= 11 is 0. The van der Waals surface area contributed by atoms with E-state index in [9.17, 15) is 8.42 Å². The molecule has 0 amide bonds. The summed E-state index contributed by atoms with van der Waals surface area (Å²) in [6.45, 7) is 2.00. The van der Waals surface area contributed by atoms with E-state index < -0.39 is 9.84 Å². The number of benzene rings is 1. The van der Waals surface area contributed by atoms with Crippen molar-refractivity contribution in [3.63, 3.8) is 0 Å². The summed E-state index contributed by atoms with van der Waals surface area (Å²) in [4.78, 5) is 9.66. The van der Waals surface area contributed by atoms with Crippen molar-refractivity contribution in [3.05, 3.63) is 89.2 Å². The predicted molar refractivity (Wildman–Crippen MR) is 152 cm³/mol. The van der Waals surface area contributed by atoms with E-state index in [1.165, 1.54) is 5.56 Å². The third-order valence-corrected chi connectivity index (χ3v) is 9.15. The number of sulfone groups is 1. The smallest absolute Gasteiger partial charge is 0.151 e. The first kappa shape index (κ1) is 26.1. The molecule has 40 heavy (non-hydrogen) atoms. The first-order valence-electron chi connectivity index (χ1n) is 13.5. The van der Waals surface area contributed by atoms with Gasteiger partial charge in [-0.05, 0) is 35.6 Å². The van der Waals surface area contributed by atoms with E-state index in [4.69, 9.17) is 10.1 Å². The zero-order valence-electron chi connectivity index (χ0n) is 22.9. The molecular formula is C29H32N8O2S. The number of rotatable bonds is 9. The van der Waals surface area contributed by atoms with Gasteiger partial charge in [-0.2, -0.15) is 15.3 Å². The van der Waals surface area contributed by atoms with Crippen LogP contribution in [0.4, 0.5) is 0 Å². The summed E-state index contributed by atoms with van der Waals surface area (Å²) < 4.78 is 29.2. The van der Waals surface area contributed by atoms with Crippen LogP contribution in [-0.4, -0.2) is 59.2 Å². The maximum Gasteiger partial charge on any atom is 0.151 e. The van der Waals surface area contributed by atoms with Crippen LogP contribution < -0.4 is 0 Å². The molecule has 10 nitrogen and oxygen atoms in total. The van der Waals surface area contributed by atoms with Gasteiger partial charge < -0.3 is 0 Å². The molecule has 0 N–H and O–H groups in total. The lowest BCUT2D eigenvalue weighted by Gasteiger charge is -2.16. The molecule has 0 saturated heterocycles. The van der Waals surface area contributed by atoms with E-state index in [0.717, 1.165) is 64.3 Å². The van der Waals surface area contributed by atoms with E-state index in [-0.39, 0.29) is 11.5 Å². The van der Waals surface area contributed by atoms with Crippen molar-refractivity contribution in [2.45, 2.75) is 39.2 Å². The molecule has 4 aromatic heterocycles. The Morgan fingerprint density at radius 2 is 1.88 bits per heavy atom. The Kier molecular flexibility index (Phi) is 6.83. The SMILES string of the molecule is CCS(=O)(=O)CCn1ccc(Cc2ncc3c(n2)-c2c(nn(C)c2Cc2cccc(-c4cnn(C)c4)c2)CC3)n1. The fourth-order valence-electron chi connectivity index (χ4n) is 5.24. The van der Waals surface area contributed by atoms with Crippen molar-refractivity contribution in [2.75, 3.05) is 11.5 Å². The fraction of sp³-hybridized carbons (Fsp3) is 0.345. The zero-order chi connectivity index (χ0) is 27.9. The molecule has 5 aromatic rings. The molecule has 0 aliphatic heterocycles. The molecule has 0 radical (unpaired) electrons. The van der Waals surface area contributed by atoms with Crippen molar-refractivity contribution < 1.29 is 8.42 Å². The van der Waals surface area contributed by atoms with E-state index in [1.807, 2.05) is 54.3 Å². The molecule has 206 valence electrons. The standard InChI is InChI=1S/C29H32N8O2S/c1-4-40(38,39)13-12-37-11-10-24(33-37)16-27-30-17-22-8-9-25-28(29(22)32-27)26(36(3)34-25)15-20-6-5-7-21(14-20)23-18-31-35(2)19-23/h5-7,10-11,14,17-19H,4,8-9,12-13,15-16H2,1-3H3. The summed E-state index contributed by atoms with van der Waals surface area (Å²) in [6, 6.07) is 10.5. The zero-order valence-corrected chi connectivity index (χ0v) is 23.8. The molecule has 0 saturated carbocycles. The normalized spacial score (nSPS) is 12.9. The highest BCUT2D eigenvalue weighted by molar-refractivity contribution is 7.91. The Morgan fingerprint density at radius 3 is 2.67 bits per heavy atom. The van der Waals surface area contributed by atoms with Crippen LogP contribution in [0.3, 0.4) is 0 Å². The molecule has 4 heterocycles. The van der Waals surface area contributed by atoms with Crippen LogP contribution in [0.15, 0.2) is 55.1 Å². The molecule has 0 atom stereocenters. The number of hydrogen-bond acceptors (Lipinski definition) is 7. The highest BCUT2D eigenvalue weighted by Gasteiger charge is 2.26. The molecule has 1 aliphatic rings. The van der Waals surface area contributed by atoms with E-state index in [1.54, 1.807) is 11.6 Å². The summed E-state index contributed by atoms with van der Waals surface area (Å²) in [5.41, 5.74) is 9.62. The number of hydrogen-bond donors (Lipinski definition) is 0. The van der Waals surface area contributed by atoms with Gasteiger partial charge in [0.25, 0.3) is 0 Å². The minimum Gasteiger partial charge on any atom is -0.275 e. The van der Waals surface area contributed by atoms with Crippen LogP contribution in [0.1, 0.15) is 41.0 Å². The van der Waals surface area contributed by atoms with Gasteiger partial charge in [0, 0.05) is 56.0 Å². The summed E-state index contributed by atoms with van der Waals surface area (Å²) in [6.07, 6.45) is 10.6. The Balaban J connectivity index is 1.27. The van der Waals surface area contributed by atoms with Crippen molar-refractivity contribution in [1.29, 1.82) is 0 Å². The Labute approximate surface area is 233 Å². The quantitative estimate of drug-likeness (QED) is 0.274. The summed E-state index contributed by atoms with van der Waals surface area (Å²) in [5, 5.41) is 13.7. The van der Waals surface area contributed by atoms with Gasteiger partial charge in [0.2, 0.25) is 0 Å². The lowest BCUT2D eigenvalue weighted by molar-refractivity contribution is 0.580. The number of aromatic nitrogens is 8. The second-order valence-corrected chi connectivity index (χ2v) is 12.8. The molecule has 6 rings (SSSR count). The second kappa shape index (κ2) is 10.5. The summed E-state index contributed by atoms with van der Waals surface area (Å²) in [5.74, 6) is 0.905. The largest absolute Gasteiger partial charge is 0.275 e. The van der Waals surface area contributed by atoms with Crippen molar-refractivity contribution in [3.8, 4) is 22.4 Å². The van der Waals surface area contributed by atoms with Gasteiger partial charge in [-0.3, -0.25) is 14.0 Å². The number of aryl methyl sites for hydroxylation is 5. The molecule has 0 bridgehead atoms. The lowest BCUT2D eigenvalue weighted by atomic mass is 9.91. The highest BCUT2D eigenvalue weighted by Crippen LogP contribution is 2.35. The van der Waals surface area contributed by atoms with Crippen molar-refractivity contribution >= 4 is 9.84 Å². The average molecular weight is 557 g/mol. The Hall–Kier alpha value is -4.12. The van der Waals surface area contributed by atoms with Crippen LogP contribution in [0.5, 0.6) is 0 Å². The second-order valence-electron chi connectivity index (χ2n) is 10.3. The van der Waals surface area contributed by atoms with Gasteiger partial charge in [0.1, 0.15) is 5.82 Å². The minimum atomic E-state index is -3.04. The third-order valence-electron chi connectivity index (χ3n) is 7.46. The monoisotopic (exact) mass is 556 g/mol. The average Bonchev–Trinajstić information content (AvgIpc) is 3.67. The van der Waals surface area contributed by atoms with E-state index >= 15 is 0 Å². The van der Waals surface area contributed by atoms with Gasteiger partial charge >= 0.3 is 0 Å². The summed E-state index contributed by atoms with van der Waals surface area (Å²) in [7, 11) is 0.887. The fourth-order valence-corrected chi connectivity index (χ4v) is 5.99. The first-order valence-corrected chi connectivity index (χ1v) is 15.3. The maximum absolute atomic E-state index is 11.9. The Bertz CT molecular complexity index is 1800. The number of nitrogens with zero attached hydrogens (tertiary/aromatic N) is 8. The van der Waals surface area contributed by atoms with Gasteiger partial charge in [-0.25, -0.2) is 18.4 Å². The molecule has 1 aromatic carbocycles. The van der Waals surface area contributed by atoms with Gasteiger partial charge in [-0.15, -0.1) is 0 Å². The van der Waals surface area contributed by atoms with Crippen LogP contribution in [0.25, 0.3) is 22.4 Å². The van der Waals surface area contributed by atoms with Crippen molar-refractivity contribution in [1.82, 2.24) is 39.3 Å². The molecule has 0 spiro atoms. The van der Waals surface area contributed by atoms with E-state index in [2.05, 4.69) is 39.4 Å². The van der Waals surface area contributed by atoms with Gasteiger partial charge in [0.05, 0.1) is 47.7 Å². The molecule has 0 fully saturated rings. The van der Waals surface area contributed by atoms with Crippen LogP contribution >= 0.6 is 0 Å². The molecular weight excluding hydrogens is 524 g/mol. The van der Waals surface area contributed by atoms with Crippen LogP contribution in [0.2, 0.25) is 0 Å². The molecule has 11 heteroatoms. The highest BCUT2D eigenvalue weighted by atomic mass is 32.2. The van der Waals surface area contributed by atoms with Crippen LogP contribution in [-0.2, 0) is 56.2 Å². The lowest BCUT2D eigenvalue weighted by Crippen LogP contribution is -2.15. The maximum atomic E-state index is 11.9. The third kappa shape index (κ3) is 5.33. The Morgan fingerprint density at radius 1 is 1.00 bits per heavy atom. The van der Waals surface area contributed by atoms with E-state index in [0.29, 0.717) is 18.8 Å². The topological polar surface area (TPSA) is 113 Å². The molecule has 1 aliphatic carbocycles. The number of fused-ring (bicyclic) bond motifs is 3. The minimum absolute atomic E-state index is 0.0810.